The monoisotopic (exact) mass is 334 g/mol. The molecule has 0 unspecified atom stereocenters. The number of nitrogens with zero attached hydrogens (tertiary/aromatic N) is 2. The van der Waals surface area contributed by atoms with Gasteiger partial charge >= 0.3 is 0 Å². The first-order chi connectivity index (χ1) is 11.6. The molecular formula is C19H30N2O3. The molecule has 1 aliphatic heterocycles. The minimum absolute atomic E-state index is 0.304. The summed E-state index contributed by atoms with van der Waals surface area (Å²) in [5.74, 6) is 2.59. The Balaban J connectivity index is 1.63. The lowest BCUT2D eigenvalue weighted by Crippen LogP contribution is -2.49. The number of ether oxygens (including phenoxy) is 2. The summed E-state index contributed by atoms with van der Waals surface area (Å²) in [6, 6.07) is 7.64. The van der Waals surface area contributed by atoms with Crippen LogP contribution >= 0.6 is 0 Å². The predicted molar refractivity (Wildman–Crippen MR) is 95.6 cm³/mol. The normalized spacial score (nSPS) is 15.6. The van der Waals surface area contributed by atoms with Crippen LogP contribution in [-0.2, 0) is 4.79 Å². The lowest BCUT2D eigenvalue weighted by Gasteiger charge is -2.34. The zero-order valence-electron chi connectivity index (χ0n) is 15.2. The molecule has 0 aliphatic carbocycles. The van der Waals surface area contributed by atoms with E-state index in [1.165, 1.54) is 0 Å². The van der Waals surface area contributed by atoms with Crippen molar-refractivity contribution in [2.24, 2.45) is 5.92 Å². The van der Waals surface area contributed by atoms with E-state index < -0.39 is 0 Å². The fourth-order valence-electron chi connectivity index (χ4n) is 2.76. The molecule has 5 heteroatoms. The van der Waals surface area contributed by atoms with Crippen molar-refractivity contribution < 1.29 is 14.3 Å². The smallest absolute Gasteiger partial charge is 0.222 e. The standard InChI is InChI=1S/C19H30N2O3/c1-16(2)4-9-19(22)21-12-10-20(11-13-21)14-15-24-18-7-5-17(23-3)6-8-18/h5-8,16H,4,9-15H2,1-3H3. The number of piperazine rings is 1. The highest BCUT2D eigenvalue weighted by Crippen LogP contribution is 2.17. The Bertz CT molecular complexity index is 494. The van der Waals surface area contributed by atoms with Gasteiger partial charge in [-0.2, -0.15) is 0 Å². The number of carbonyl (C=O) groups is 1. The number of hydrogen-bond acceptors (Lipinski definition) is 4. The van der Waals surface area contributed by atoms with Crippen LogP contribution in [0.2, 0.25) is 0 Å². The van der Waals surface area contributed by atoms with E-state index >= 15 is 0 Å². The van der Waals surface area contributed by atoms with Gasteiger partial charge in [0, 0.05) is 39.1 Å². The van der Waals surface area contributed by atoms with Crippen LogP contribution < -0.4 is 9.47 Å². The van der Waals surface area contributed by atoms with Crippen LogP contribution in [0.25, 0.3) is 0 Å². The van der Waals surface area contributed by atoms with E-state index in [0.717, 1.165) is 50.6 Å². The van der Waals surface area contributed by atoms with E-state index in [0.29, 0.717) is 24.9 Å². The molecule has 0 atom stereocenters. The predicted octanol–water partition coefficient (Wildman–Crippen LogP) is 2.65. The lowest BCUT2D eigenvalue weighted by molar-refractivity contribution is -0.133. The van der Waals surface area contributed by atoms with Gasteiger partial charge in [0.15, 0.2) is 0 Å². The van der Waals surface area contributed by atoms with Crippen LogP contribution in [0.4, 0.5) is 0 Å². The summed E-state index contributed by atoms with van der Waals surface area (Å²) in [4.78, 5) is 16.5. The van der Waals surface area contributed by atoms with Crippen molar-refractivity contribution in [1.29, 1.82) is 0 Å². The molecule has 0 radical (unpaired) electrons. The maximum absolute atomic E-state index is 12.1. The zero-order valence-corrected chi connectivity index (χ0v) is 15.2. The van der Waals surface area contributed by atoms with Crippen LogP contribution in [0.5, 0.6) is 11.5 Å². The number of methoxy groups -OCH3 is 1. The molecule has 0 N–H and O–H groups in total. The molecule has 24 heavy (non-hydrogen) atoms. The summed E-state index contributed by atoms with van der Waals surface area (Å²) >= 11 is 0. The van der Waals surface area contributed by atoms with Crippen LogP contribution in [0.1, 0.15) is 26.7 Å². The summed E-state index contributed by atoms with van der Waals surface area (Å²) in [5, 5.41) is 0. The molecule has 1 fully saturated rings. The summed E-state index contributed by atoms with van der Waals surface area (Å²) in [5.41, 5.74) is 0. The molecule has 1 aromatic carbocycles. The maximum Gasteiger partial charge on any atom is 0.222 e. The van der Waals surface area contributed by atoms with Crippen LogP contribution in [0.15, 0.2) is 24.3 Å². The zero-order chi connectivity index (χ0) is 17.4. The van der Waals surface area contributed by atoms with Crippen LogP contribution in [0, 0.1) is 5.92 Å². The molecule has 1 aliphatic rings. The quantitative estimate of drug-likeness (QED) is 0.733. The van der Waals surface area contributed by atoms with Crippen molar-refractivity contribution in [1.82, 2.24) is 9.80 Å². The van der Waals surface area contributed by atoms with Gasteiger partial charge in [-0.15, -0.1) is 0 Å². The Morgan fingerprint density at radius 1 is 1.08 bits per heavy atom. The van der Waals surface area contributed by atoms with Gasteiger partial charge in [-0.25, -0.2) is 0 Å². The fourth-order valence-corrected chi connectivity index (χ4v) is 2.76. The van der Waals surface area contributed by atoms with E-state index in [4.69, 9.17) is 9.47 Å². The Kier molecular flexibility index (Phi) is 7.37. The average molecular weight is 334 g/mol. The highest BCUT2D eigenvalue weighted by Gasteiger charge is 2.20. The first-order valence-electron chi connectivity index (χ1n) is 8.85. The van der Waals surface area contributed by atoms with Gasteiger partial charge in [0.25, 0.3) is 0 Å². The number of amides is 1. The molecule has 5 nitrogen and oxygen atoms in total. The number of benzene rings is 1. The van der Waals surface area contributed by atoms with E-state index in [9.17, 15) is 4.79 Å². The molecule has 0 spiro atoms. The van der Waals surface area contributed by atoms with E-state index in [2.05, 4.69) is 18.7 Å². The van der Waals surface area contributed by atoms with Crippen molar-refractivity contribution in [3.05, 3.63) is 24.3 Å². The van der Waals surface area contributed by atoms with E-state index in [1.807, 2.05) is 29.2 Å². The lowest BCUT2D eigenvalue weighted by atomic mass is 10.1. The van der Waals surface area contributed by atoms with Crippen molar-refractivity contribution >= 4 is 5.91 Å². The second-order valence-electron chi connectivity index (χ2n) is 6.68. The van der Waals surface area contributed by atoms with Crippen molar-refractivity contribution in [2.45, 2.75) is 26.7 Å². The molecule has 1 aromatic rings. The van der Waals surface area contributed by atoms with Gasteiger partial charge in [-0.3, -0.25) is 9.69 Å². The highest BCUT2D eigenvalue weighted by molar-refractivity contribution is 5.76. The molecule has 1 heterocycles. The van der Waals surface area contributed by atoms with Gasteiger partial charge in [-0.1, -0.05) is 13.8 Å². The highest BCUT2D eigenvalue weighted by atomic mass is 16.5. The summed E-state index contributed by atoms with van der Waals surface area (Å²) in [7, 11) is 1.66. The molecule has 0 aromatic heterocycles. The summed E-state index contributed by atoms with van der Waals surface area (Å²) in [6.07, 6.45) is 1.66. The van der Waals surface area contributed by atoms with Crippen molar-refractivity contribution in [3.63, 3.8) is 0 Å². The SMILES string of the molecule is COc1ccc(OCCN2CCN(C(=O)CCC(C)C)CC2)cc1. The number of carbonyl (C=O) groups excluding carboxylic acids is 1. The second-order valence-corrected chi connectivity index (χ2v) is 6.68. The van der Waals surface area contributed by atoms with Gasteiger partial charge in [0.2, 0.25) is 5.91 Å². The molecule has 1 saturated heterocycles. The van der Waals surface area contributed by atoms with Crippen LogP contribution in [-0.4, -0.2) is 62.1 Å². The first kappa shape index (κ1) is 18.6. The Hall–Kier alpha value is -1.75. The van der Waals surface area contributed by atoms with Crippen molar-refractivity contribution in [3.8, 4) is 11.5 Å². The largest absolute Gasteiger partial charge is 0.497 e. The van der Waals surface area contributed by atoms with Crippen molar-refractivity contribution in [2.75, 3.05) is 46.4 Å². The molecular weight excluding hydrogens is 304 g/mol. The third-order valence-corrected chi connectivity index (χ3v) is 4.40. The second kappa shape index (κ2) is 9.52. The molecule has 134 valence electrons. The first-order valence-corrected chi connectivity index (χ1v) is 8.85. The van der Waals surface area contributed by atoms with Gasteiger partial charge in [0.1, 0.15) is 18.1 Å². The maximum atomic E-state index is 12.1. The topological polar surface area (TPSA) is 42.0 Å². The molecule has 1 amide bonds. The minimum atomic E-state index is 0.304. The van der Waals surface area contributed by atoms with Gasteiger partial charge in [-0.05, 0) is 36.6 Å². The molecule has 0 saturated carbocycles. The fraction of sp³-hybridized carbons (Fsp3) is 0.632. The Labute approximate surface area is 145 Å². The number of rotatable bonds is 8. The summed E-state index contributed by atoms with van der Waals surface area (Å²) < 4.78 is 10.9. The van der Waals surface area contributed by atoms with Gasteiger partial charge < -0.3 is 14.4 Å². The number of hydrogen-bond donors (Lipinski definition) is 0. The Morgan fingerprint density at radius 3 is 2.29 bits per heavy atom. The third kappa shape index (κ3) is 6.04. The average Bonchev–Trinajstić information content (AvgIpc) is 2.61. The van der Waals surface area contributed by atoms with E-state index in [1.54, 1.807) is 7.11 Å². The molecule has 0 bridgehead atoms. The Morgan fingerprint density at radius 2 is 1.71 bits per heavy atom. The van der Waals surface area contributed by atoms with E-state index in [-0.39, 0.29) is 0 Å². The third-order valence-electron chi connectivity index (χ3n) is 4.40. The van der Waals surface area contributed by atoms with Crippen LogP contribution in [0.3, 0.4) is 0 Å². The van der Waals surface area contributed by atoms with Gasteiger partial charge in [0.05, 0.1) is 7.11 Å². The summed E-state index contributed by atoms with van der Waals surface area (Å²) in [6.45, 7) is 9.40. The molecule has 2 rings (SSSR count). The minimum Gasteiger partial charge on any atom is -0.497 e.